The molecule has 0 spiro atoms. The summed E-state index contributed by atoms with van der Waals surface area (Å²) in [4.78, 5) is 12.6. The second kappa shape index (κ2) is 9.09. The Hall–Kier alpha value is -1.27. The van der Waals surface area contributed by atoms with Gasteiger partial charge in [-0.25, -0.2) is 5.01 Å². The van der Waals surface area contributed by atoms with E-state index in [0.29, 0.717) is 10.0 Å². The van der Waals surface area contributed by atoms with E-state index in [1.807, 2.05) is 11.1 Å². The smallest absolute Gasteiger partial charge is 0.255 e. The van der Waals surface area contributed by atoms with Crippen LogP contribution in [0.2, 0.25) is 10.0 Å². The monoisotopic (exact) mass is 396 g/mol. The van der Waals surface area contributed by atoms with E-state index in [4.69, 9.17) is 28.9 Å². The molecule has 5 nitrogen and oxygen atoms in total. The lowest BCUT2D eigenvalue weighted by molar-refractivity contribution is -0.126. The van der Waals surface area contributed by atoms with Gasteiger partial charge in [-0.05, 0) is 62.3 Å². The maximum absolute atomic E-state index is 12.6. The van der Waals surface area contributed by atoms with Crippen molar-refractivity contribution >= 4 is 34.8 Å². The molecule has 1 saturated heterocycles. The second-order valence-corrected chi connectivity index (χ2v) is 7.81. The van der Waals surface area contributed by atoms with Gasteiger partial charge < -0.3 is 11.1 Å². The highest BCUT2D eigenvalue weighted by Gasteiger charge is 2.26. The molecule has 0 aromatic heterocycles. The summed E-state index contributed by atoms with van der Waals surface area (Å²) in [5.74, 6) is -0.134. The summed E-state index contributed by atoms with van der Waals surface area (Å²) in [6.45, 7) is 1.78. The largest absolute Gasteiger partial charge is 0.358 e. The molecule has 0 radical (unpaired) electrons. The molecule has 142 valence electrons. The molecule has 1 fully saturated rings. The first-order chi connectivity index (χ1) is 12.5. The molecule has 1 amide bonds. The number of amides is 1. The van der Waals surface area contributed by atoms with Gasteiger partial charge in [0.2, 0.25) is 0 Å². The van der Waals surface area contributed by atoms with Crippen LogP contribution in [0.15, 0.2) is 29.5 Å². The van der Waals surface area contributed by atoms with Crippen LogP contribution in [-0.2, 0) is 4.79 Å². The number of anilines is 1. The Morgan fingerprint density at radius 1 is 1.08 bits per heavy atom. The number of allylic oxidation sites excluding steroid dienone is 1. The first-order valence-electron chi connectivity index (χ1n) is 9.29. The van der Waals surface area contributed by atoms with Crippen LogP contribution in [0, 0.1) is 0 Å². The first-order valence-corrected chi connectivity index (χ1v) is 10.0. The predicted molar refractivity (Wildman–Crippen MR) is 107 cm³/mol. The van der Waals surface area contributed by atoms with Crippen LogP contribution >= 0.6 is 23.2 Å². The average Bonchev–Trinajstić information content (AvgIpc) is 2.64. The van der Waals surface area contributed by atoms with Crippen molar-refractivity contribution in [3.8, 4) is 0 Å². The van der Waals surface area contributed by atoms with Gasteiger partial charge in [0.05, 0.1) is 10.7 Å². The normalized spacial score (nSPS) is 20.0. The summed E-state index contributed by atoms with van der Waals surface area (Å²) >= 11 is 12.3. The zero-order chi connectivity index (χ0) is 18.5. The van der Waals surface area contributed by atoms with Crippen molar-refractivity contribution < 1.29 is 4.79 Å². The first kappa shape index (κ1) is 19.5. The summed E-state index contributed by atoms with van der Waals surface area (Å²) in [6.07, 6.45) is 7.23. The molecule has 1 aromatic carbocycles. The lowest BCUT2D eigenvalue weighted by atomic mass is 9.91. The number of nitrogens with one attached hydrogen (secondary N) is 2. The molecular formula is C19H26Cl2N4O. The van der Waals surface area contributed by atoms with Crippen LogP contribution < -0.4 is 16.5 Å². The predicted octanol–water partition coefficient (Wildman–Crippen LogP) is 4.08. The number of carbonyl (C=O) groups excluding carboxylic acids is 1. The number of nitrogens with zero attached hydrogens (tertiary/aromatic N) is 1. The average molecular weight is 397 g/mol. The quantitative estimate of drug-likeness (QED) is 0.700. The van der Waals surface area contributed by atoms with Gasteiger partial charge in [-0.15, -0.1) is 0 Å². The van der Waals surface area contributed by atoms with Crippen LogP contribution in [0.5, 0.6) is 0 Å². The Balaban J connectivity index is 1.73. The van der Waals surface area contributed by atoms with E-state index in [1.165, 1.54) is 6.42 Å². The Labute approximate surface area is 164 Å². The van der Waals surface area contributed by atoms with Gasteiger partial charge in [0, 0.05) is 23.8 Å². The standard InChI is InChI=1S/C19H26Cl2N4O/c20-13-8-9-17(15(21)12-13)23-16-7-3-2-6-14(16)18(22)19(26)24-25-10-4-1-5-11-25/h8-9,12,18,23H,1-7,10-11,22H2,(H,24,26). The third-order valence-corrected chi connectivity index (χ3v) is 5.56. The SMILES string of the molecule is NC(C(=O)NN1CCCCC1)C1=C(Nc2ccc(Cl)cc2Cl)CCCC1. The minimum atomic E-state index is -0.647. The number of benzene rings is 1. The van der Waals surface area contributed by atoms with Gasteiger partial charge in [0.25, 0.3) is 5.91 Å². The number of hydrogen-bond donors (Lipinski definition) is 3. The number of piperidine rings is 1. The van der Waals surface area contributed by atoms with Crippen LogP contribution in [0.3, 0.4) is 0 Å². The van der Waals surface area contributed by atoms with Crippen molar-refractivity contribution in [3.63, 3.8) is 0 Å². The maximum atomic E-state index is 12.6. The minimum absolute atomic E-state index is 0.134. The molecule has 4 N–H and O–H groups in total. The van der Waals surface area contributed by atoms with E-state index in [2.05, 4.69) is 10.7 Å². The summed E-state index contributed by atoms with van der Waals surface area (Å²) in [7, 11) is 0. The highest BCUT2D eigenvalue weighted by atomic mass is 35.5. The van der Waals surface area contributed by atoms with Crippen molar-refractivity contribution in [1.82, 2.24) is 10.4 Å². The third kappa shape index (κ3) is 4.92. The van der Waals surface area contributed by atoms with Crippen molar-refractivity contribution in [1.29, 1.82) is 0 Å². The van der Waals surface area contributed by atoms with Gasteiger partial charge in [0.1, 0.15) is 6.04 Å². The van der Waals surface area contributed by atoms with Crippen LogP contribution in [0.1, 0.15) is 44.9 Å². The lowest BCUT2D eigenvalue weighted by Crippen LogP contribution is -2.52. The van der Waals surface area contributed by atoms with Crippen molar-refractivity contribution in [3.05, 3.63) is 39.5 Å². The fourth-order valence-corrected chi connectivity index (χ4v) is 4.01. The Bertz CT molecular complexity index is 686. The highest BCUT2D eigenvalue weighted by molar-refractivity contribution is 6.36. The van der Waals surface area contributed by atoms with E-state index in [-0.39, 0.29) is 5.91 Å². The zero-order valence-electron chi connectivity index (χ0n) is 14.9. The summed E-state index contributed by atoms with van der Waals surface area (Å²) < 4.78 is 0. The third-order valence-electron chi connectivity index (χ3n) is 5.01. The van der Waals surface area contributed by atoms with Gasteiger partial charge >= 0.3 is 0 Å². The molecular weight excluding hydrogens is 371 g/mol. The molecule has 1 aliphatic carbocycles. The molecule has 26 heavy (non-hydrogen) atoms. The molecule has 2 aliphatic rings. The topological polar surface area (TPSA) is 70.4 Å². The van der Waals surface area contributed by atoms with E-state index < -0.39 is 6.04 Å². The van der Waals surface area contributed by atoms with E-state index >= 15 is 0 Å². The Morgan fingerprint density at radius 3 is 2.54 bits per heavy atom. The Morgan fingerprint density at radius 2 is 1.81 bits per heavy atom. The molecule has 7 heteroatoms. The fourth-order valence-electron chi connectivity index (χ4n) is 3.56. The molecule has 1 heterocycles. The van der Waals surface area contributed by atoms with Crippen molar-refractivity contribution in [2.75, 3.05) is 18.4 Å². The van der Waals surface area contributed by atoms with Crippen LogP contribution in [0.25, 0.3) is 0 Å². The van der Waals surface area contributed by atoms with Gasteiger partial charge in [-0.3, -0.25) is 10.2 Å². The van der Waals surface area contributed by atoms with Crippen LogP contribution in [0.4, 0.5) is 5.69 Å². The number of hydrogen-bond acceptors (Lipinski definition) is 4. The van der Waals surface area contributed by atoms with E-state index in [0.717, 1.165) is 68.6 Å². The maximum Gasteiger partial charge on any atom is 0.255 e. The number of nitrogens with two attached hydrogens (primary N) is 1. The summed E-state index contributed by atoms with van der Waals surface area (Å²) in [5, 5.41) is 6.52. The Kier molecular flexibility index (Phi) is 6.81. The molecule has 1 unspecified atom stereocenters. The van der Waals surface area contributed by atoms with Crippen LogP contribution in [-0.4, -0.2) is 30.0 Å². The van der Waals surface area contributed by atoms with Gasteiger partial charge in [-0.1, -0.05) is 29.6 Å². The zero-order valence-corrected chi connectivity index (χ0v) is 16.4. The van der Waals surface area contributed by atoms with Crippen molar-refractivity contribution in [2.45, 2.75) is 51.0 Å². The molecule has 1 atom stereocenters. The minimum Gasteiger partial charge on any atom is -0.358 e. The van der Waals surface area contributed by atoms with Crippen molar-refractivity contribution in [2.24, 2.45) is 5.73 Å². The van der Waals surface area contributed by atoms with E-state index in [1.54, 1.807) is 12.1 Å². The molecule has 1 aromatic rings. The van der Waals surface area contributed by atoms with Gasteiger partial charge in [0.15, 0.2) is 0 Å². The van der Waals surface area contributed by atoms with E-state index in [9.17, 15) is 4.79 Å². The number of hydrazine groups is 1. The second-order valence-electron chi connectivity index (χ2n) is 6.96. The molecule has 1 aliphatic heterocycles. The molecule has 3 rings (SSSR count). The fraction of sp³-hybridized carbons (Fsp3) is 0.526. The lowest BCUT2D eigenvalue weighted by Gasteiger charge is -2.30. The van der Waals surface area contributed by atoms with Gasteiger partial charge in [-0.2, -0.15) is 0 Å². The number of halogens is 2. The highest BCUT2D eigenvalue weighted by Crippen LogP contribution is 2.32. The molecule has 0 saturated carbocycles. The summed E-state index contributed by atoms with van der Waals surface area (Å²) in [6, 6.07) is 4.70. The summed E-state index contributed by atoms with van der Waals surface area (Å²) in [5.41, 5.74) is 12.1. The molecule has 0 bridgehead atoms. The number of carbonyl (C=O) groups is 1. The number of rotatable bonds is 5.